The fourth-order valence-corrected chi connectivity index (χ4v) is 3.09. The highest BCUT2D eigenvalue weighted by Gasteiger charge is 2.14. The molecule has 4 heteroatoms. The van der Waals surface area contributed by atoms with Crippen LogP contribution in [-0.4, -0.2) is 21.3 Å². The van der Waals surface area contributed by atoms with E-state index in [9.17, 15) is 4.79 Å². The van der Waals surface area contributed by atoms with Crippen molar-refractivity contribution >= 4 is 21.5 Å². The van der Waals surface area contributed by atoms with E-state index >= 15 is 0 Å². The van der Waals surface area contributed by atoms with E-state index in [2.05, 4.69) is 0 Å². The summed E-state index contributed by atoms with van der Waals surface area (Å²) in [6, 6.07) is 9.35. The average Bonchev–Trinajstić information content (AvgIpc) is 2.70. The number of ether oxygens (including phenoxy) is 3. The van der Waals surface area contributed by atoms with Crippen LogP contribution in [0.3, 0.4) is 0 Å². The minimum atomic E-state index is -0.0609. The number of fused-ring (bicyclic) bond motifs is 3. The minimum Gasteiger partial charge on any atom is -0.496 e. The molecule has 0 unspecified atom stereocenters. The van der Waals surface area contributed by atoms with Crippen LogP contribution in [0.15, 0.2) is 35.1 Å². The zero-order valence-corrected chi connectivity index (χ0v) is 14.5. The summed E-state index contributed by atoms with van der Waals surface area (Å²) in [6.07, 6.45) is 0. The zero-order chi connectivity index (χ0) is 17.4. The summed E-state index contributed by atoms with van der Waals surface area (Å²) in [4.78, 5) is 12.2. The summed E-state index contributed by atoms with van der Waals surface area (Å²) in [5.74, 6) is 2.08. The molecule has 0 saturated heterocycles. The molecule has 3 aromatic rings. The van der Waals surface area contributed by atoms with Gasteiger partial charge in [-0.25, -0.2) is 0 Å². The first-order valence-electron chi connectivity index (χ1n) is 7.68. The van der Waals surface area contributed by atoms with E-state index in [1.54, 1.807) is 28.3 Å². The van der Waals surface area contributed by atoms with Crippen molar-refractivity contribution in [3.05, 3.63) is 51.7 Å². The number of aryl methyl sites for hydroxylation is 2. The maximum absolute atomic E-state index is 12.2. The maximum atomic E-state index is 12.2. The molecule has 3 rings (SSSR count). The van der Waals surface area contributed by atoms with Crippen LogP contribution in [0.5, 0.6) is 17.2 Å². The standard InChI is InChI=1S/C20H20O4/c1-11-6-13-8-18(23-4)14-7-12(2)17(22-3)9-15(14)20(13)19(24-5)10-16(11)21/h6-10H,1-5H3. The Morgan fingerprint density at radius 3 is 1.96 bits per heavy atom. The summed E-state index contributed by atoms with van der Waals surface area (Å²) in [5.41, 5.74) is 1.61. The van der Waals surface area contributed by atoms with E-state index in [0.29, 0.717) is 11.3 Å². The van der Waals surface area contributed by atoms with Crippen molar-refractivity contribution in [1.82, 2.24) is 0 Å². The third-order valence-electron chi connectivity index (χ3n) is 4.35. The summed E-state index contributed by atoms with van der Waals surface area (Å²) in [6.45, 7) is 3.79. The normalized spacial score (nSPS) is 10.9. The molecule has 124 valence electrons. The van der Waals surface area contributed by atoms with Crippen molar-refractivity contribution in [3.8, 4) is 17.2 Å². The van der Waals surface area contributed by atoms with Crippen molar-refractivity contribution in [2.24, 2.45) is 0 Å². The van der Waals surface area contributed by atoms with Crippen molar-refractivity contribution in [3.63, 3.8) is 0 Å². The molecule has 0 atom stereocenters. The molecule has 3 aromatic carbocycles. The summed E-state index contributed by atoms with van der Waals surface area (Å²) in [5, 5.41) is 3.65. The first kappa shape index (κ1) is 16.1. The molecular formula is C20H20O4. The van der Waals surface area contributed by atoms with Gasteiger partial charge in [0.1, 0.15) is 17.2 Å². The van der Waals surface area contributed by atoms with Gasteiger partial charge < -0.3 is 14.2 Å². The Morgan fingerprint density at radius 1 is 0.667 bits per heavy atom. The Hall–Kier alpha value is -2.75. The predicted octanol–water partition coefficient (Wildman–Crippen LogP) is 4.00. The first-order chi connectivity index (χ1) is 11.5. The van der Waals surface area contributed by atoms with E-state index in [4.69, 9.17) is 14.2 Å². The van der Waals surface area contributed by atoms with E-state index in [1.807, 2.05) is 31.2 Å². The quantitative estimate of drug-likeness (QED) is 0.730. The molecular weight excluding hydrogens is 304 g/mol. The molecule has 0 aromatic heterocycles. The highest BCUT2D eigenvalue weighted by atomic mass is 16.5. The number of methoxy groups -OCH3 is 3. The van der Waals surface area contributed by atoms with Crippen molar-refractivity contribution in [2.45, 2.75) is 13.8 Å². The Morgan fingerprint density at radius 2 is 1.33 bits per heavy atom. The van der Waals surface area contributed by atoms with Gasteiger partial charge in [0.15, 0.2) is 5.43 Å². The van der Waals surface area contributed by atoms with Crippen LogP contribution in [-0.2, 0) is 0 Å². The van der Waals surface area contributed by atoms with Gasteiger partial charge in [-0.1, -0.05) is 0 Å². The number of hydrogen-bond acceptors (Lipinski definition) is 4. The third-order valence-corrected chi connectivity index (χ3v) is 4.35. The van der Waals surface area contributed by atoms with Gasteiger partial charge in [0, 0.05) is 22.2 Å². The molecule has 4 nitrogen and oxygen atoms in total. The summed E-state index contributed by atoms with van der Waals surface area (Å²) >= 11 is 0. The van der Waals surface area contributed by atoms with Crippen LogP contribution in [0.4, 0.5) is 0 Å². The fourth-order valence-electron chi connectivity index (χ4n) is 3.09. The van der Waals surface area contributed by atoms with Crippen LogP contribution in [0.2, 0.25) is 0 Å². The van der Waals surface area contributed by atoms with Crippen LogP contribution in [0.25, 0.3) is 21.5 Å². The lowest BCUT2D eigenvalue weighted by Crippen LogP contribution is -1.98. The van der Waals surface area contributed by atoms with Crippen LogP contribution >= 0.6 is 0 Å². The molecule has 0 N–H and O–H groups in total. The maximum Gasteiger partial charge on any atom is 0.185 e. The second-order valence-corrected chi connectivity index (χ2v) is 5.81. The average molecular weight is 324 g/mol. The smallest absolute Gasteiger partial charge is 0.185 e. The molecule has 0 amide bonds. The van der Waals surface area contributed by atoms with E-state index in [-0.39, 0.29) is 5.43 Å². The van der Waals surface area contributed by atoms with Gasteiger partial charge in [0.25, 0.3) is 0 Å². The van der Waals surface area contributed by atoms with Crippen molar-refractivity contribution < 1.29 is 14.2 Å². The van der Waals surface area contributed by atoms with Gasteiger partial charge >= 0.3 is 0 Å². The highest BCUT2D eigenvalue weighted by Crippen LogP contribution is 2.40. The van der Waals surface area contributed by atoms with Gasteiger partial charge in [-0.2, -0.15) is 0 Å². The van der Waals surface area contributed by atoms with E-state index in [0.717, 1.165) is 38.6 Å². The Bertz CT molecular complexity index is 1010. The molecule has 24 heavy (non-hydrogen) atoms. The fraction of sp³-hybridized carbons (Fsp3) is 0.250. The van der Waals surface area contributed by atoms with E-state index < -0.39 is 0 Å². The lowest BCUT2D eigenvalue weighted by atomic mass is 9.99. The summed E-state index contributed by atoms with van der Waals surface area (Å²) < 4.78 is 16.6. The second-order valence-electron chi connectivity index (χ2n) is 5.81. The molecule has 0 aliphatic rings. The van der Waals surface area contributed by atoms with Crippen molar-refractivity contribution in [1.29, 1.82) is 0 Å². The number of benzene rings is 2. The van der Waals surface area contributed by atoms with E-state index in [1.165, 1.54) is 6.07 Å². The minimum absolute atomic E-state index is 0.0609. The van der Waals surface area contributed by atoms with Gasteiger partial charge in [-0.3, -0.25) is 4.79 Å². The molecule has 0 radical (unpaired) electrons. The molecule has 0 heterocycles. The highest BCUT2D eigenvalue weighted by molar-refractivity contribution is 6.13. The van der Waals surface area contributed by atoms with Crippen LogP contribution in [0, 0.1) is 13.8 Å². The molecule has 0 fully saturated rings. The summed E-state index contributed by atoms with van der Waals surface area (Å²) in [7, 11) is 4.87. The predicted molar refractivity (Wildman–Crippen MR) is 96.9 cm³/mol. The molecule has 0 saturated carbocycles. The molecule has 0 bridgehead atoms. The van der Waals surface area contributed by atoms with Gasteiger partial charge in [-0.05, 0) is 54.6 Å². The van der Waals surface area contributed by atoms with Gasteiger partial charge in [0.05, 0.1) is 21.3 Å². The lowest BCUT2D eigenvalue weighted by Gasteiger charge is -2.13. The Balaban J connectivity index is 2.66. The van der Waals surface area contributed by atoms with Crippen LogP contribution < -0.4 is 19.6 Å². The van der Waals surface area contributed by atoms with Gasteiger partial charge in [0.2, 0.25) is 0 Å². The Labute approximate surface area is 140 Å². The topological polar surface area (TPSA) is 44.8 Å². The molecule has 0 aliphatic carbocycles. The van der Waals surface area contributed by atoms with Gasteiger partial charge in [-0.15, -0.1) is 0 Å². The molecule has 0 aliphatic heterocycles. The lowest BCUT2D eigenvalue weighted by molar-refractivity contribution is 0.411. The molecule has 0 spiro atoms. The van der Waals surface area contributed by atoms with Crippen molar-refractivity contribution in [2.75, 3.05) is 21.3 Å². The second kappa shape index (κ2) is 6.04. The SMILES string of the molecule is COc1cc2c(cc1C)c(OC)cc1cc(C)c(=O)cc(OC)c12. The van der Waals surface area contributed by atoms with Crippen LogP contribution in [0.1, 0.15) is 11.1 Å². The number of rotatable bonds is 3. The zero-order valence-electron chi connectivity index (χ0n) is 14.5. The number of hydrogen-bond donors (Lipinski definition) is 0. The largest absolute Gasteiger partial charge is 0.496 e. The first-order valence-corrected chi connectivity index (χ1v) is 7.68. The Kier molecular flexibility index (Phi) is 4.06. The third kappa shape index (κ3) is 2.44. The monoisotopic (exact) mass is 324 g/mol.